The van der Waals surface area contributed by atoms with Gasteiger partial charge in [0.2, 0.25) is 0 Å². The molecule has 0 bridgehead atoms. The average molecular weight is 216 g/mol. The highest BCUT2D eigenvalue weighted by Crippen LogP contribution is 2.14. The number of nitrogens with zero attached hydrogens (tertiary/aromatic N) is 1. The molecule has 0 radical (unpaired) electrons. The summed E-state index contributed by atoms with van der Waals surface area (Å²) in [5.74, 6) is 0. The molecule has 1 aliphatic heterocycles. The number of morpholine rings is 1. The van der Waals surface area contributed by atoms with Crippen LogP contribution in [0.15, 0.2) is 0 Å². The first-order valence-electron chi connectivity index (χ1n) is 5.74. The van der Waals surface area contributed by atoms with Crippen LogP contribution in [0.2, 0.25) is 0 Å². The Bertz CT molecular complexity index is 180. The van der Waals surface area contributed by atoms with Crippen molar-refractivity contribution in [3.63, 3.8) is 0 Å². The molecule has 1 heterocycles. The zero-order chi connectivity index (χ0) is 11.3. The maximum Gasteiger partial charge on any atom is 0.170 e. The van der Waals surface area contributed by atoms with Gasteiger partial charge in [-0.1, -0.05) is 6.92 Å². The molecule has 15 heavy (non-hydrogen) atoms. The van der Waals surface area contributed by atoms with Gasteiger partial charge in [-0.2, -0.15) is 0 Å². The molecule has 1 atom stereocenters. The van der Waals surface area contributed by atoms with Crippen LogP contribution in [0.5, 0.6) is 0 Å². The highest BCUT2D eigenvalue weighted by molar-refractivity contribution is 4.68. The fourth-order valence-electron chi connectivity index (χ4n) is 1.55. The lowest BCUT2D eigenvalue weighted by molar-refractivity contribution is -0.222. The van der Waals surface area contributed by atoms with Crippen molar-refractivity contribution in [2.24, 2.45) is 0 Å². The Kier molecular flexibility index (Phi) is 4.99. The first kappa shape index (κ1) is 12.9. The van der Waals surface area contributed by atoms with Crippen LogP contribution in [0.1, 0.15) is 27.7 Å². The van der Waals surface area contributed by atoms with Crippen LogP contribution in [-0.4, -0.2) is 49.7 Å². The molecule has 1 saturated heterocycles. The minimum Gasteiger partial charge on any atom is -0.350 e. The Labute approximate surface area is 92.9 Å². The van der Waals surface area contributed by atoms with E-state index in [1.165, 1.54) is 0 Å². The van der Waals surface area contributed by atoms with Gasteiger partial charge in [-0.15, -0.1) is 0 Å². The van der Waals surface area contributed by atoms with Gasteiger partial charge in [0.1, 0.15) is 0 Å². The third-order valence-electron chi connectivity index (χ3n) is 2.19. The van der Waals surface area contributed by atoms with Crippen LogP contribution in [-0.2, 0) is 9.47 Å². The minimum atomic E-state index is -0.133. The summed E-state index contributed by atoms with van der Waals surface area (Å²) < 4.78 is 11.4. The Morgan fingerprint density at radius 2 is 2.20 bits per heavy atom. The van der Waals surface area contributed by atoms with Crippen molar-refractivity contribution in [3.05, 3.63) is 0 Å². The second kappa shape index (κ2) is 5.80. The molecule has 0 aromatic heterocycles. The zero-order valence-corrected chi connectivity index (χ0v) is 10.4. The molecule has 1 rings (SSSR count). The van der Waals surface area contributed by atoms with E-state index in [1.54, 1.807) is 0 Å². The van der Waals surface area contributed by atoms with E-state index in [-0.39, 0.29) is 11.9 Å². The van der Waals surface area contributed by atoms with Crippen molar-refractivity contribution in [1.29, 1.82) is 0 Å². The van der Waals surface area contributed by atoms with E-state index in [0.29, 0.717) is 0 Å². The predicted molar refractivity (Wildman–Crippen MR) is 60.7 cm³/mol. The summed E-state index contributed by atoms with van der Waals surface area (Å²) in [7, 11) is 0. The molecule has 0 spiro atoms. The lowest BCUT2D eigenvalue weighted by atomic mass is 10.2. The van der Waals surface area contributed by atoms with Gasteiger partial charge in [0.05, 0.1) is 18.8 Å². The van der Waals surface area contributed by atoms with Gasteiger partial charge in [0.15, 0.2) is 6.29 Å². The monoisotopic (exact) mass is 216 g/mol. The maximum atomic E-state index is 5.80. The average Bonchev–Trinajstić information content (AvgIpc) is 2.12. The molecule has 1 aliphatic rings. The standard InChI is InChI=1S/C11H24N2O2/c1-5-12-9-13-6-7-14-10(8-13)15-11(2,3)4/h10,12H,5-9H2,1-4H3. The summed E-state index contributed by atoms with van der Waals surface area (Å²) in [6.07, 6.45) is -0.0857. The number of rotatable bonds is 4. The number of hydrogen-bond donors (Lipinski definition) is 1. The van der Waals surface area contributed by atoms with Gasteiger partial charge < -0.3 is 14.8 Å². The first-order valence-corrected chi connectivity index (χ1v) is 5.74. The molecule has 0 aromatic carbocycles. The van der Waals surface area contributed by atoms with Gasteiger partial charge in [0.25, 0.3) is 0 Å². The normalized spacial score (nSPS) is 24.4. The van der Waals surface area contributed by atoms with E-state index in [4.69, 9.17) is 9.47 Å². The number of ether oxygens (including phenoxy) is 2. The van der Waals surface area contributed by atoms with Crippen LogP contribution >= 0.6 is 0 Å². The van der Waals surface area contributed by atoms with Crippen LogP contribution in [0.4, 0.5) is 0 Å². The van der Waals surface area contributed by atoms with Gasteiger partial charge >= 0.3 is 0 Å². The molecule has 0 aliphatic carbocycles. The van der Waals surface area contributed by atoms with Gasteiger partial charge in [0, 0.05) is 13.2 Å². The molecule has 4 nitrogen and oxygen atoms in total. The summed E-state index contributed by atoms with van der Waals surface area (Å²) in [4.78, 5) is 2.32. The second-order valence-electron chi connectivity index (χ2n) is 4.87. The molecular weight excluding hydrogens is 192 g/mol. The van der Waals surface area contributed by atoms with Crippen molar-refractivity contribution in [2.45, 2.75) is 39.6 Å². The van der Waals surface area contributed by atoms with Crippen LogP contribution in [0.3, 0.4) is 0 Å². The van der Waals surface area contributed by atoms with Crippen molar-refractivity contribution >= 4 is 0 Å². The Hall–Kier alpha value is -0.160. The van der Waals surface area contributed by atoms with E-state index in [0.717, 1.165) is 32.9 Å². The van der Waals surface area contributed by atoms with Gasteiger partial charge in [-0.05, 0) is 27.3 Å². The SMILES string of the molecule is CCNCN1CCOC(OC(C)(C)C)C1. The number of hydrogen-bond acceptors (Lipinski definition) is 4. The zero-order valence-electron chi connectivity index (χ0n) is 10.4. The van der Waals surface area contributed by atoms with Crippen LogP contribution in [0.25, 0.3) is 0 Å². The van der Waals surface area contributed by atoms with E-state index in [1.807, 2.05) is 0 Å². The number of nitrogens with one attached hydrogen (secondary N) is 1. The van der Waals surface area contributed by atoms with Crippen LogP contribution in [0, 0.1) is 0 Å². The summed E-state index contributed by atoms with van der Waals surface area (Å²) in [6, 6.07) is 0. The summed E-state index contributed by atoms with van der Waals surface area (Å²) in [5, 5.41) is 3.32. The molecular formula is C11H24N2O2. The van der Waals surface area contributed by atoms with Crippen molar-refractivity contribution in [1.82, 2.24) is 10.2 Å². The molecule has 1 fully saturated rings. The Morgan fingerprint density at radius 3 is 2.80 bits per heavy atom. The lowest BCUT2D eigenvalue weighted by Crippen LogP contribution is -2.48. The Balaban J connectivity index is 2.29. The quantitative estimate of drug-likeness (QED) is 0.761. The predicted octanol–water partition coefficient (Wildman–Crippen LogP) is 1.03. The topological polar surface area (TPSA) is 33.7 Å². The van der Waals surface area contributed by atoms with Crippen molar-refractivity contribution in [3.8, 4) is 0 Å². The van der Waals surface area contributed by atoms with Crippen LogP contribution < -0.4 is 5.32 Å². The van der Waals surface area contributed by atoms with Crippen molar-refractivity contribution in [2.75, 3.05) is 32.9 Å². The van der Waals surface area contributed by atoms with E-state index >= 15 is 0 Å². The van der Waals surface area contributed by atoms with Gasteiger partial charge in [-0.25, -0.2) is 0 Å². The molecule has 0 amide bonds. The molecule has 0 saturated carbocycles. The largest absolute Gasteiger partial charge is 0.350 e. The smallest absolute Gasteiger partial charge is 0.170 e. The van der Waals surface area contributed by atoms with Gasteiger partial charge in [-0.3, -0.25) is 4.90 Å². The molecule has 4 heteroatoms. The molecule has 1 unspecified atom stereocenters. The highest BCUT2D eigenvalue weighted by atomic mass is 16.7. The molecule has 90 valence electrons. The Morgan fingerprint density at radius 1 is 1.47 bits per heavy atom. The van der Waals surface area contributed by atoms with Crippen molar-refractivity contribution < 1.29 is 9.47 Å². The molecule has 1 N–H and O–H groups in total. The third kappa shape index (κ3) is 5.47. The fourth-order valence-corrected chi connectivity index (χ4v) is 1.55. The highest BCUT2D eigenvalue weighted by Gasteiger charge is 2.24. The summed E-state index contributed by atoms with van der Waals surface area (Å²) in [5.41, 5.74) is -0.133. The minimum absolute atomic E-state index is 0.0857. The lowest BCUT2D eigenvalue weighted by Gasteiger charge is -2.36. The van der Waals surface area contributed by atoms with E-state index in [9.17, 15) is 0 Å². The fraction of sp³-hybridized carbons (Fsp3) is 1.00. The maximum absolute atomic E-state index is 5.80. The third-order valence-corrected chi connectivity index (χ3v) is 2.19. The molecule has 0 aromatic rings. The summed E-state index contributed by atoms with van der Waals surface area (Å²) >= 11 is 0. The first-order chi connectivity index (χ1) is 7.01. The second-order valence-corrected chi connectivity index (χ2v) is 4.87. The summed E-state index contributed by atoms with van der Waals surface area (Å²) in [6.45, 7) is 12.8. The van der Waals surface area contributed by atoms with E-state index < -0.39 is 0 Å². The van der Waals surface area contributed by atoms with E-state index in [2.05, 4.69) is 37.9 Å².